The highest BCUT2D eigenvalue weighted by Crippen LogP contribution is 2.42. The Kier molecular flexibility index (Phi) is 3.72. The van der Waals surface area contributed by atoms with Gasteiger partial charge in [-0.3, -0.25) is 4.98 Å². The van der Waals surface area contributed by atoms with Crippen molar-refractivity contribution in [3.63, 3.8) is 0 Å². The Morgan fingerprint density at radius 2 is 1.86 bits per heavy atom. The Balaban J connectivity index is 2.05. The second kappa shape index (κ2) is 5.53. The summed E-state index contributed by atoms with van der Waals surface area (Å²) >= 11 is 0. The summed E-state index contributed by atoms with van der Waals surface area (Å²) in [5.41, 5.74) is 2.14. The van der Waals surface area contributed by atoms with Gasteiger partial charge in [0.05, 0.1) is 6.10 Å². The van der Waals surface area contributed by atoms with Gasteiger partial charge in [-0.1, -0.05) is 13.0 Å². The van der Waals surface area contributed by atoms with Gasteiger partial charge in [0.1, 0.15) is 11.6 Å². The lowest BCUT2D eigenvalue weighted by Crippen LogP contribution is -2.11. The minimum atomic E-state index is -0.792. The van der Waals surface area contributed by atoms with Crippen LogP contribution in [0, 0.1) is 11.6 Å². The molecule has 0 unspecified atom stereocenters. The van der Waals surface area contributed by atoms with Crippen molar-refractivity contribution in [2.24, 2.45) is 0 Å². The lowest BCUT2D eigenvalue weighted by atomic mass is 9.87. The highest BCUT2D eigenvalue weighted by atomic mass is 19.1. The number of aromatic nitrogens is 1. The van der Waals surface area contributed by atoms with Gasteiger partial charge < -0.3 is 5.11 Å². The molecule has 0 saturated heterocycles. The summed E-state index contributed by atoms with van der Waals surface area (Å²) in [5, 5.41) is 10.7. The Hall–Kier alpha value is -1.81. The summed E-state index contributed by atoms with van der Waals surface area (Å²) < 4.78 is 26.9. The number of halogens is 2. The van der Waals surface area contributed by atoms with Crippen LogP contribution in [0.1, 0.15) is 54.5 Å². The van der Waals surface area contributed by atoms with Gasteiger partial charge in [-0.05, 0) is 42.5 Å². The minimum Gasteiger partial charge on any atom is -0.388 e. The lowest BCUT2D eigenvalue weighted by molar-refractivity contribution is 0.142. The van der Waals surface area contributed by atoms with Gasteiger partial charge in [0, 0.05) is 29.4 Å². The van der Waals surface area contributed by atoms with E-state index >= 15 is 0 Å². The minimum absolute atomic E-state index is 0.222. The van der Waals surface area contributed by atoms with Gasteiger partial charge in [0.25, 0.3) is 0 Å². The predicted molar refractivity (Wildman–Crippen MR) is 75.9 cm³/mol. The third kappa shape index (κ3) is 2.68. The average Bonchev–Trinajstić information content (AvgIpc) is 2.57. The van der Waals surface area contributed by atoms with Crippen molar-refractivity contribution < 1.29 is 13.9 Å². The van der Waals surface area contributed by atoms with E-state index in [1.807, 2.05) is 6.07 Å². The molecular formula is C17H17F2NO. The number of aliphatic hydroxyl groups is 1. The van der Waals surface area contributed by atoms with Gasteiger partial charge in [-0.15, -0.1) is 0 Å². The molecular weight excluding hydrogens is 272 g/mol. The summed E-state index contributed by atoms with van der Waals surface area (Å²) in [6, 6.07) is 7.09. The molecule has 0 amide bonds. The standard InChI is InChI=1S/C17H17F2NO/c1-10-4-5-14(11-7-12(18)9-13(19)8-11)17(21)15-3-2-6-20-16(10)15/h2-3,6-10,14,17,21H,4-5H2,1H3/t10-,14+,17+/m1/s1. The van der Waals surface area contributed by atoms with Gasteiger partial charge >= 0.3 is 0 Å². The number of rotatable bonds is 1. The molecule has 0 aliphatic heterocycles. The number of aliphatic hydroxyl groups excluding tert-OH is 1. The van der Waals surface area contributed by atoms with Gasteiger partial charge in [0.2, 0.25) is 0 Å². The fraction of sp³-hybridized carbons (Fsp3) is 0.353. The molecule has 4 heteroatoms. The zero-order valence-corrected chi connectivity index (χ0v) is 11.8. The summed E-state index contributed by atoms with van der Waals surface area (Å²) in [6.07, 6.45) is 2.41. The third-order valence-electron chi connectivity index (χ3n) is 4.26. The van der Waals surface area contributed by atoms with Crippen molar-refractivity contribution in [1.82, 2.24) is 4.98 Å². The van der Waals surface area contributed by atoms with Crippen LogP contribution in [0.4, 0.5) is 8.78 Å². The molecule has 1 N–H and O–H groups in total. The van der Waals surface area contributed by atoms with E-state index in [9.17, 15) is 13.9 Å². The fourth-order valence-corrected chi connectivity index (χ4v) is 3.17. The first-order valence-electron chi connectivity index (χ1n) is 7.15. The van der Waals surface area contributed by atoms with E-state index in [4.69, 9.17) is 0 Å². The predicted octanol–water partition coefficient (Wildman–Crippen LogP) is 4.07. The third-order valence-corrected chi connectivity index (χ3v) is 4.26. The monoisotopic (exact) mass is 289 g/mol. The molecule has 0 spiro atoms. The number of fused-ring (bicyclic) bond motifs is 1. The lowest BCUT2D eigenvalue weighted by Gasteiger charge is -2.22. The van der Waals surface area contributed by atoms with Crippen LogP contribution in [0.2, 0.25) is 0 Å². The largest absolute Gasteiger partial charge is 0.388 e. The van der Waals surface area contributed by atoms with Crippen molar-refractivity contribution in [2.45, 2.75) is 37.7 Å². The number of nitrogens with zero attached hydrogens (tertiary/aromatic N) is 1. The second-order valence-corrected chi connectivity index (χ2v) is 5.71. The van der Waals surface area contributed by atoms with E-state index in [1.54, 1.807) is 12.3 Å². The second-order valence-electron chi connectivity index (χ2n) is 5.71. The van der Waals surface area contributed by atoms with Crippen molar-refractivity contribution >= 4 is 0 Å². The fourth-order valence-electron chi connectivity index (χ4n) is 3.17. The molecule has 1 aromatic heterocycles. The van der Waals surface area contributed by atoms with E-state index in [0.717, 1.165) is 23.7 Å². The smallest absolute Gasteiger partial charge is 0.126 e. The van der Waals surface area contributed by atoms with Crippen LogP contribution in [-0.4, -0.2) is 10.1 Å². The highest BCUT2D eigenvalue weighted by Gasteiger charge is 2.31. The van der Waals surface area contributed by atoms with Crippen LogP contribution in [0.25, 0.3) is 0 Å². The molecule has 0 bridgehead atoms. The van der Waals surface area contributed by atoms with E-state index in [1.165, 1.54) is 12.1 Å². The summed E-state index contributed by atoms with van der Waals surface area (Å²) in [4.78, 5) is 4.37. The first-order chi connectivity index (χ1) is 10.1. The van der Waals surface area contributed by atoms with Crippen molar-refractivity contribution in [2.75, 3.05) is 0 Å². The van der Waals surface area contributed by atoms with E-state index in [-0.39, 0.29) is 11.8 Å². The average molecular weight is 289 g/mol. The zero-order valence-electron chi connectivity index (χ0n) is 11.8. The van der Waals surface area contributed by atoms with E-state index < -0.39 is 17.7 Å². The SMILES string of the molecule is C[C@@H]1CC[C@@H](c2cc(F)cc(F)c2)[C@H](O)c2cccnc21. The van der Waals surface area contributed by atoms with Crippen molar-refractivity contribution in [1.29, 1.82) is 0 Å². The maximum atomic E-state index is 13.5. The van der Waals surface area contributed by atoms with Crippen molar-refractivity contribution in [3.8, 4) is 0 Å². The van der Waals surface area contributed by atoms with Crippen LogP contribution in [-0.2, 0) is 0 Å². The molecule has 1 aromatic carbocycles. The molecule has 3 rings (SSSR count). The molecule has 21 heavy (non-hydrogen) atoms. The van der Waals surface area contributed by atoms with Crippen LogP contribution in [0.15, 0.2) is 36.5 Å². The van der Waals surface area contributed by atoms with Gasteiger partial charge in [-0.2, -0.15) is 0 Å². The van der Waals surface area contributed by atoms with Gasteiger partial charge in [-0.25, -0.2) is 8.78 Å². The normalized spacial score (nSPS) is 25.2. The summed E-state index contributed by atoms with van der Waals surface area (Å²) in [7, 11) is 0. The van der Waals surface area contributed by atoms with E-state index in [2.05, 4.69) is 11.9 Å². The van der Waals surface area contributed by atoms with Crippen LogP contribution < -0.4 is 0 Å². The highest BCUT2D eigenvalue weighted by molar-refractivity contribution is 5.33. The Morgan fingerprint density at radius 1 is 1.14 bits per heavy atom. The Labute approximate surface area is 122 Å². The topological polar surface area (TPSA) is 33.1 Å². The Bertz CT molecular complexity index is 639. The van der Waals surface area contributed by atoms with Crippen LogP contribution in [0.5, 0.6) is 0 Å². The summed E-state index contributed by atoms with van der Waals surface area (Å²) in [6.45, 7) is 2.06. The molecule has 1 aliphatic rings. The number of hydrogen-bond donors (Lipinski definition) is 1. The first-order valence-corrected chi connectivity index (χ1v) is 7.15. The summed E-state index contributed by atoms with van der Waals surface area (Å²) in [5.74, 6) is -1.32. The van der Waals surface area contributed by atoms with Crippen LogP contribution >= 0.6 is 0 Å². The molecule has 2 nitrogen and oxygen atoms in total. The van der Waals surface area contributed by atoms with Crippen LogP contribution in [0.3, 0.4) is 0 Å². The molecule has 3 atom stereocenters. The molecule has 2 aromatic rings. The van der Waals surface area contributed by atoms with Gasteiger partial charge in [0.15, 0.2) is 0 Å². The molecule has 0 radical (unpaired) electrons. The maximum absolute atomic E-state index is 13.5. The maximum Gasteiger partial charge on any atom is 0.126 e. The molecule has 0 saturated carbocycles. The molecule has 0 fully saturated rings. The molecule has 1 heterocycles. The van der Waals surface area contributed by atoms with Crippen molar-refractivity contribution in [3.05, 3.63) is 65.0 Å². The quantitative estimate of drug-likeness (QED) is 0.803. The van der Waals surface area contributed by atoms with E-state index in [0.29, 0.717) is 12.0 Å². The Morgan fingerprint density at radius 3 is 2.57 bits per heavy atom. The molecule has 1 aliphatic carbocycles. The number of benzene rings is 1. The number of pyridine rings is 1. The molecule has 110 valence electrons. The first kappa shape index (κ1) is 14.1. The zero-order chi connectivity index (χ0) is 15.0. The number of hydrogen-bond acceptors (Lipinski definition) is 2.